The molecule has 2 aliphatic heterocycles. The maximum absolute atomic E-state index is 13.1. The molecule has 1 saturated carbocycles. The number of fused-ring (bicyclic) bond motifs is 4. The van der Waals surface area contributed by atoms with Crippen LogP contribution in [0.1, 0.15) is 52.1 Å². The molecule has 3 aliphatic rings. The number of rotatable bonds is 6. The molecular formula is C26H29N7O3. The minimum Gasteiger partial charge on any atom is -0.376 e. The first kappa shape index (κ1) is 19.4. The van der Waals surface area contributed by atoms with Gasteiger partial charge in [0.2, 0.25) is 5.91 Å². The Kier molecular flexibility index (Phi) is 4.38. The summed E-state index contributed by atoms with van der Waals surface area (Å²) in [5, 5.41) is 6.07. The standard InChI is InChI=1S/C26H29N7O3/c1-5-19(34)17-11-28-20(31-25(35)15-6-7-15)10-18(17)30-24-22-16(8-9-27-24)21-23(32(3)14(2)29-21)26(33(22)4)12-36-13-26/h8-11,15H,5-7,12-13H2,1-4H3,(H2,27,28,30,31,35)/i1D3. The average Bonchev–Trinajstić information content (AvgIpc) is 3.64. The van der Waals surface area contributed by atoms with E-state index in [4.69, 9.17) is 13.8 Å². The zero-order valence-corrected chi connectivity index (χ0v) is 20.4. The Balaban J connectivity index is 1.44. The Morgan fingerprint density at radius 2 is 2.08 bits per heavy atom. The number of carbonyl (C=O) groups is 2. The number of aromatic nitrogens is 4. The van der Waals surface area contributed by atoms with E-state index in [0.29, 0.717) is 24.7 Å². The molecule has 10 heteroatoms. The van der Waals surface area contributed by atoms with E-state index in [-0.39, 0.29) is 23.2 Å². The van der Waals surface area contributed by atoms with Crippen LogP contribution in [0.5, 0.6) is 0 Å². The van der Waals surface area contributed by atoms with Gasteiger partial charge in [-0.25, -0.2) is 15.0 Å². The molecule has 0 radical (unpaired) electrons. The van der Waals surface area contributed by atoms with Gasteiger partial charge >= 0.3 is 0 Å². The maximum Gasteiger partial charge on any atom is 0.228 e. The van der Waals surface area contributed by atoms with Gasteiger partial charge in [-0.05, 0) is 25.8 Å². The van der Waals surface area contributed by atoms with Gasteiger partial charge in [0.05, 0.1) is 41.5 Å². The number of hydrogen-bond donors (Lipinski definition) is 2. The molecule has 2 fully saturated rings. The third kappa shape index (κ3) is 3.31. The number of anilines is 4. The highest BCUT2D eigenvalue weighted by molar-refractivity contribution is 6.03. The Bertz CT molecular complexity index is 1510. The Morgan fingerprint density at radius 3 is 2.78 bits per heavy atom. The van der Waals surface area contributed by atoms with Crippen LogP contribution in [-0.4, -0.2) is 51.5 Å². The van der Waals surface area contributed by atoms with Gasteiger partial charge in [-0.2, -0.15) is 0 Å². The number of ketones is 1. The SMILES string of the molecule is [2H]C([2H])([2H])CC(=O)c1cnc(NC(=O)C2CC2)cc1Nc1nccc2c1N(C)C1(COC1)c1c-2nc(C)n1C. The van der Waals surface area contributed by atoms with Crippen molar-refractivity contribution < 1.29 is 18.4 Å². The molecule has 0 unspecified atom stereocenters. The Hall–Kier alpha value is -3.79. The van der Waals surface area contributed by atoms with Gasteiger partial charge in [0.25, 0.3) is 0 Å². The lowest BCUT2D eigenvalue weighted by molar-refractivity contribution is -0.117. The number of aryl methyl sites for hydroxylation is 1. The molecule has 3 aromatic rings. The van der Waals surface area contributed by atoms with E-state index in [1.165, 1.54) is 6.20 Å². The largest absolute Gasteiger partial charge is 0.376 e. The lowest BCUT2D eigenvalue weighted by atomic mass is 9.83. The molecule has 1 amide bonds. The fraction of sp³-hybridized carbons (Fsp3) is 0.423. The number of hydrogen-bond acceptors (Lipinski definition) is 8. The summed E-state index contributed by atoms with van der Waals surface area (Å²) in [6.45, 7) is 0.487. The first-order chi connectivity index (χ1) is 18.5. The fourth-order valence-electron chi connectivity index (χ4n) is 5.05. The Morgan fingerprint density at radius 1 is 1.28 bits per heavy atom. The number of carbonyl (C=O) groups excluding carboxylic acids is 2. The van der Waals surface area contributed by atoms with E-state index in [9.17, 15) is 9.59 Å². The predicted octanol–water partition coefficient (Wildman–Crippen LogP) is 3.55. The summed E-state index contributed by atoms with van der Waals surface area (Å²) in [6.07, 6.45) is 3.99. The zero-order chi connectivity index (χ0) is 27.7. The van der Waals surface area contributed by atoms with Gasteiger partial charge in [0, 0.05) is 54.6 Å². The molecule has 1 aliphatic carbocycles. The number of ether oxygens (including phenoxy) is 1. The predicted molar refractivity (Wildman–Crippen MR) is 136 cm³/mol. The maximum atomic E-state index is 13.1. The molecule has 0 bridgehead atoms. The number of amides is 1. The second-order valence-electron chi connectivity index (χ2n) is 9.66. The highest BCUT2D eigenvalue weighted by Crippen LogP contribution is 2.52. The van der Waals surface area contributed by atoms with Crippen molar-refractivity contribution in [3.63, 3.8) is 0 Å². The minimum atomic E-state index is -2.44. The minimum absolute atomic E-state index is 0.0338. The van der Waals surface area contributed by atoms with Crippen molar-refractivity contribution in [2.24, 2.45) is 13.0 Å². The van der Waals surface area contributed by atoms with E-state index >= 15 is 0 Å². The molecule has 0 aromatic carbocycles. The fourth-order valence-corrected chi connectivity index (χ4v) is 5.05. The lowest BCUT2D eigenvalue weighted by Gasteiger charge is -2.52. The van der Waals surface area contributed by atoms with Crippen molar-refractivity contribution in [3.05, 3.63) is 41.6 Å². The highest BCUT2D eigenvalue weighted by Gasteiger charge is 2.52. The molecule has 1 spiro atoms. The molecule has 1 saturated heterocycles. The number of pyridine rings is 2. The van der Waals surface area contributed by atoms with Crippen LogP contribution < -0.4 is 15.5 Å². The molecule has 186 valence electrons. The molecule has 3 aromatic heterocycles. The van der Waals surface area contributed by atoms with E-state index in [2.05, 4.69) is 30.1 Å². The van der Waals surface area contributed by atoms with Crippen molar-refractivity contribution in [1.29, 1.82) is 0 Å². The lowest BCUT2D eigenvalue weighted by Crippen LogP contribution is -2.61. The van der Waals surface area contributed by atoms with Crippen molar-refractivity contribution in [3.8, 4) is 11.3 Å². The van der Waals surface area contributed by atoms with E-state index in [1.807, 2.05) is 27.1 Å². The number of nitrogens with zero attached hydrogens (tertiary/aromatic N) is 5. The van der Waals surface area contributed by atoms with Crippen molar-refractivity contribution in [2.45, 2.75) is 38.6 Å². The zero-order valence-electron chi connectivity index (χ0n) is 23.4. The molecule has 10 nitrogen and oxygen atoms in total. The van der Waals surface area contributed by atoms with Crippen molar-refractivity contribution in [2.75, 3.05) is 35.8 Å². The van der Waals surface area contributed by atoms with E-state index in [1.54, 1.807) is 12.3 Å². The number of imidazole rings is 1. The molecule has 36 heavy (non-hydrogen) atoms. The number of likely N-dealkylation sites (N-methyl/N-ethyl adjacent to an activating group) is 1. The normalized spacial score (nSPS) is 18.9. The third-order valence-electron chi connectivity index (χ3n) is 7.42. The van der Waals surface area contributed by atoms with Crippen molar-refractivity contribution in [1.82, 2.24) is 19.5 Å². The van der Waals surface area contributed by atoms with Gasteiger partial charge < -0.3 is 24.8 Å². The molecule has 0 atom stereocenters. The van der Waals surface area contributed by atoms with Crippen LogP contribution in [0.25, 0.3) is 11.3 Å². The van der Waals surface area contributed by atoms with Gasteiger partial charge in [0.15, 0.2) is 11.6 Å². The van der Waals surface area contributed by atoms with E-state index < -0.39 is 24.6 Å². The monoisotopic (exact) mass is 490 g/mol. The van der Waals surface area contributed by atoms with Gasteiger partial charge in [-0.1, -0.05) is 6.85 Å². The van der Waals surface area contributed by atoms with Crippen LogP contribution in [0.15, 0.2) is 24.5 Å². The average molecular weight is 491 g/mol. The summed E-state index contributed by atoms with van der Waals surface area (Å²) in [4.78, 5) is 41.3. The van der Waals surface area contributed by atoms with Gasteiger partial charge in [-0.3, -0.25) is 9.59 Å². The van der Waals surface area contributed by atoms with Crippen LogP contribution in [0.2, 0.25) is 0 Å². The summed E-state index contributed by atoms with van der Waals surface area (Å²) in [7, 11) is 3.98. The van der Waals surface area contributed by atoms with Crippen LogP contribution in [0.4, 0.5) is 23.0 Å². The second-order valence-corrected chi connectivity index (χ2v) is 9.66. The van der Waals surface area contributed by atoms with Crippen LogP contribution in [0.3, 0.4) is 0 Å². The summed E-state index contributed by atoms with van der Waals surface area (Å²) < 4.78 is 30.5. The molecule has 5 heterocycles. The molecular weight excluding hydrogens is 458 g/mol. The van der Waals surface area contributed by atoms with Crippen LogP contribution >= 0.6 is 0 Å². The van der Waals surface area contributed by atoms with E-state index in [0.717, 1.165) is 41.3 Å². The smallest absolute Gasteiger partial charge is 0.228 e. The van der Waals surface area contributed by atoms with Crippen LogP contribution in [-0.2, 0) is 22.1 Å². The van der Waals surface area contributed by atoms with Gasteiger partial charge in [-0.15, -0.1) is 0 Å². The summed E-state index contributed by atoms with van der Waals surface area (Å²) in [5.41, 5.74) is 3.55. The first-order valence-electron chi connectivity index (χ1n) is 13.4. The van der Waals surface area contributed by atoms with Crippen LogP contribution in [0, 0.1) is 12.8 Å². The number of Topliss-reactive ketones (excluding diaryl/α,β-unsaturated/α-hetero) is 1. The first-order valence-corrected chi connectivity index (χ1v) is 11.9. The summed E-state index contributed by atoms with van der Waals surface area (Å²) in [6, 6.07) is 3.46. The third-order valence-corrected chi connectivity index (χ3v) is 7.42. The molecule has 6 rings (SSSR count). The Labute approximate surface area is 213 Å². The van der Waals surface area contributed by atoms with Crippen molar-refractivity contribution >= 4 is 34.7 Å². The molecule has 2 N–H and O–H groups in total. The topological polar surface area (TPSA) is 114 Å². The van der Waals surface area contributed by atoms with Gasteiger partial charge in [0.1, 0.15) is 17.2 Å². The number of nitrogens with one attached hydrogen (secondary N) is 2. The second kappa shape index (κ2) is 8.12. The summed E-state index contributed by atoms with van der Waals surface area (Å²) in [5.74, 6) is 0.855. The summed E-state index contributed by atoms with van der Waals surface area (Å²) >= 11 is 0. The highest BCUT2D eigenvalue weighted by atomic mass is 16.5. The quantitative estimate of drug-likeness (QED) is 0.504.